The number of carbonyl (C=O) groups excluding carboxylic acids is 2. The van der Waals surface area contributed by atoms with Crippen LogP contribution < -0.4 is 9.47 Å². The summed E-state index contributed by atoms with van der Waals surface area (Å²) in [5.74, 6) is 0.819. The molecule has 2 amide bonds. The minimum absolute atomic E-state index is 0.110. The zero-order valence-corrected chi connectivity index (χ0v) is 18.8. The molecule has 2 aromatic rings. The smallest absolute Gasteiger partial charge is 0.254 e. The maximum Gasteiger partial charge on any atom is 0.254 e. The van der Waals surface area contributed by atoms with Gasteiger partial charge in [-0.1, -0.05) is 12.1 Å². The standard InChI is InChI=1S/C24H32N2O4/c1-7-25(8-2)23(27)17-13-11-15-19(29-5)21(17)22-18(14-12-16-20(22)30-6)24(28)26(9-3)10-4/h11-16H,7-10H2,1-6H3. The summed E-state index contributed by atoms with van der Waals surface area (Å²) in [6, 6.07) is 10.7. The molecule has 0 aliphatic heterocycles. The number of amides is 2. The van der Waals surface area contributed by atoms with Crippen molar-refractivity contribution in [3.63, 3.8) is 0 Å². The zero-order valence-electron chi connectivity index (χ0n) is 18.8. The van der Waals surface area contributed by atoms with E-state index >= 15 is 0 Å². The summed E-state index contributed by atoms with van der Waals surface area (Å²) in [6.45, 7) is 10.1. The molecule has 0 unspecified atom stereocenters. The molecule has 0 aromatic heterocycles. The van der Waals surface area contributed by atoms with Gasteiger partial charge in [0.2, 0.25) is 0 Å². The Labute approximate surface area is 179 Å². The van der Waals surface area contributed by atoms with Crippen LogP contribution in [0.4, 0.5) is 0 Å². The molecule has 0 heterocycles. The summed E-state index contributed by atoms with van der Waals surface area (Å²) in [5.41, 5.74) is 2.11. The third-order valence-electron chi connectivity index (χ3n) is 5.30. The van der Waals surface area contributed by atoms with Crippen LogP contribution in [0.25, 0.3) is 11.1 Å². The van der Waals surface area contributed by atoms with Gasteiger partial charge in [-0.2, -0.15) is 0 Å². The zero-order chi connectivity index (χ0) is 22.3. The number of hydrogen-bond donors (Lipinski definition) is 0. The van der Waals surface area contributed by atoms with Crippen molar-refractivity contribution in [1.29, 1.82) is 0 Å². The molecule has 2 rings (SSSR count). The first kappa shape index (κ1) is 23.3. The van der Waals surface area contributed by atoms with Gasteiger partial charge in [0.1, 0.15) is 11.5 Å². The van der Waals surface area contributed by atoms with E-state index in [-0.39, 0.29) is 11.8 Å². The Morgan fingerprint density at radius 1 is 0.667 bits per heavy atom. The molecule has 2 aromatic carbocycles. The van der Waals surface area contributed by atoms with Crippen LogP contribution in [0.2, 0.25) is 0 Å². The molecule has 0 saturated carbocycles. The minimum atomic E-state index is -0.110. The lowest BCUT2D eigenvalue weighted by atomic mass is 9.92. The Bertz CT molecular complexity index is 813. The highest BCUT2D eigenvalue weighted by Crippen LogP contribution is 2.42. The molecule has 0 saturated heterocycles. The highest BCUT2D eigenvalue weighted by atomic mass is 16.5. The lowest BCUT2D eigenvalue weighted by Gasteiger charge is -2.25. The Morgan fingerprint density at radius 3 is 1.27 bits per heavy atom. The molecule has 0 radical (unpaired) electrons. The molecule has 0 bridgehead atoms. The number of benzene rings is 2. The molecule has 30 heavy (non-hydrogen) atoms. The SMILES string of the molecule is CCN(CC)C(=O)c1cccc(OC)c1-c1c(OC)cccc1C(=O)N(CC)CC. The van der Waals surface area contributed by atoms with E-state index < -0.39 is 0 Å². The first-order chi connectivity index (χ1) is 14.5. The molecule has 6 heteroatoms. The molecule has 0 N–H and O–H groups in total. The van der Waals surface area contributed by atoms with E-state index in [0.717, 1.165) is 0 Å². The number of nitrogens with zero attached hydrogens (tertiary/aromatic N) is 2. The van der Waals surface area contributed by atoms with E-state index in [1.165, 1.54) is 0 Å². The van der Waals surface area contributed by atoms with E-state index in [1.807, 2.05) is 27.7 Å². The summed E-state index contributed by atoms with van der Waals surface area (Å²) in [7, 11) is 3.12. The van der Waals surface area contributed by atoms with E-state index in [2.05, 4.69) is 0 Å². The average molecular weight is 413 g/mol. The van der Waals surface area contributed by atoms with E-state index in [9.17, 15) is 9.59 Å². The average Bonchev–Trinajstić information content (AvgIpc) is 2.79. The van der Waals surface area contributed by atoms with Gasteiger partial charge in [-0.05, 0) is 52.0 Å². The third kappa shape index (κ3) is 4.42. The largest absolute Gasteiger partial charge is 0.496 e. The molecule has 0 aliphatic rings. The number of methoxy groups -OCH3 is 2. The number of carbonyl (C=O) groups is 2. The van der Waals surface area contributed by atoms with Gasteiger partial charge in [-0.25, -0.2) is 0 Å². The van der Waals surface area contributed by atoms with Crippen molar-refractivity contribution in [3.8, 4) is 22.6 Å². The second kappa shape index (κ2) is 10.7. The molecular weight excluding hydrogens is 380 g/mol. The van der Waals surface area contributed by atoms with E-state index in [4.69, 9.17) is 9.47 Å². The Kier molecular flexibility index (Phi) is 8.27. The van der Waals surface area contributed by atoms with Crippen LogP contribution >= 0.6 is 0 Å². The predicted octanol–water partition coefficient (Wildman–Crippen LogP) is 4.33. The summed E-state index contributed by atoms with van der Waals surface area (Å²) < 4.78 is 11.3. The molecule has 0 atom stereocenters. The molecule has 0 fully saturated rings. The normalized spacial score (nSPS) is 10.5. The second-order valence-electron chi connectivity index (χ2n) is 6.72. The first-order valence-corrected chi connectivity index (χ1v) is 10.4. The minimum Gasteiger partial charge on any atom is -0.496 e. The van der Waals surface area contributed by atoms with Gasteiger partial charge in [0, 0.05) is 37.3 Å². The fourth-order valence-electron chi connectivity index (χ4n) is 3.64. The quantitative estimate of drug-likeness (QED) is 0.615. The monoisotopic (exact) mass is 412 g/mol. The fourth-order valence-corrected chi connectivity index (χ4v) is 3.64. The summed E-state index contributed by atoms with van der Waals surface area (Å²) >= 11 is 0. The van der Waals surface area contributed by atoms with E-state index in [0.29, 0.717) is 59.9 Å². The molecule has 162 valence electrons. The van der Waals surface area contributed by atoms with Crippen molar-refractivity contribution >= 4 is 11.8 Å². The van der Waals surface area contributed by atoms with Crippen LogP contribution in [-0.2, 0) is 0 Å². The summed E-state index contributed by atoms with van der Waals surface area (Å²) in [5, 5.41) is 0. The summed E-state index contributed by atoms with van der Waals surface area (Å²) in [6.07, 6.45) is 0. The van der Waals surface area contributed by atoms with Crippen molar-refractivity contribution in [2.75, 3.05) is 40.4 Å². The maximum absolute atomic E-state index is 13.3. The van der Waals surface area contributed by atoms with Gasteiger partial charge in [-0.3, -0.25) is 9.59 Å². The summed E-state index contributed by atoms with van der Waals surface area (Å²) in [4.78, 5) is 30.2. The highest BCUT2D eigenvalue weighted by Gasteiger charge is 2.28. The van der Waals surface area contributed by atoms with Crippen LogP contribution in [0.3, 0.4) is 0 Å². The number of rotatable bonds is 9. The van der Waals surface area contributed by atoms with Gasteiger partial charge in [-0.15, -0.1) is 0 Å². The molecule has 6 nitrogen and oxygen atoms in total. The second-order valence-corrected chi connectivity index (χ2v) is 6.72. The lowest BCUT2D eigenvalue weighted by molar-refractivity contribution is 0.0763. The fraction of sp³-hybridized carbons (Fsp3) is 0.417. The van der Waals surface area contributed by atoms with Gasteiger partial charge in [0.25, 0.3) is 11.8 Å². The van der Waals surface area contributed by atoms with Gasteiger partial charge < -0.3 is 19.3 Å². The Morgan fingerprint density at radius 2 is 1.00 bits per heavy atom. The number of ether oxygens (including phenoxy) is 2. The lowest BCUT2D eigenvalue weighted by Crippen LogP contribution is -2.32. The predicted molar refractivity (Wildman–Crippen MR) is 119 cm³/mol. The molecule has 0 spiro atoms. The Hall–Kier alpha value is -3.02. The van der Waals surface area contributed by atoms with Gasteiger partial charge in [0.05, 0.1) is 25.3 Å². The van der Waals surface area contributed by atoms with Crippen molar-refractivity contribution in [3.05, 3.63) is 47.5 Å². The first-order valence-electron chi connectivity index (χ1n) is 10.4. The van der Waals surface area contributed by atoms with Crippen LogP contribution in [-0.4, -0.2) is 62.0 Å². The van der Waals surface area contributed by atoms with Crippen molar-refractivity contribution < 1.29 is 19.1 Å². The van der Waals surface area contributed by atoms with Crippen LogP contribution in [0.5, 0.6) is 11.5 Å². The maximum atomic E-state index is 13.3. The van der Waals surface area contributed by atoms with Crippen LogP contribution in [0, 0.1) is 0 Å². The van der Waals surface area contributed by atoms with Crippen LogP contribution in [0.1, 0.15) is 48.4 Å². The van der Waals surface area contributed by atoms with Crippen molar-refractivity contribution in [2.45, 2.75) is 27.7 Å². The third-order valence-corrected chi connectivity index (χ3v) is 5.30. The van der Waals surface area contributed by atoms with Gasteiger partial charge in [0.15, 0.2) is 0 Å². The Balaban J connectivity index is 2.86. The van der Waals surface area contributed by atoms with E-state index in [1.54, 1.807) is 60.4 Å². The van der Waals surface area contributed by atoms with Crippen molar-refractivity contribution in [1.82, 2.24) is 9.80 Å². The highest BCUT2D eigenvalue weighted by molar-refractivity contribution is 6.09. The molecular formula is C24H32N2O4. The topological polar surface area (TPSA) is 59.1 Å². The number of hydrogen-bond acceptors (Lipinski definition) is 4. The van der Waals surface area contributed by atoms with Gasteiger partial charge >= 0.3 is 0 Å². The molecule has 0 aliphatic carbocycles. The van der Waals surface area contributed by atoms with Crippen LogP contribution in [0.15, 0.2) is 36.4 Å². The van der Waals surface area contributed by atoms with Crippen molar-refractivity contribution in [2.24, 2.45) is 0 Å².